The fraction of sp³-hybridized carbons (Fsp3) is 0.0714. The molecule has 2 aromatic rings. The topological polar surface area (TPSA) is 57.2 Å². The smallest absolute Gasteiger partial charge is 0.194 e. The molecule has 0 spiro atoms. The van der Waals surface area contributed by atoms with Gasteiger partial charge in [-0.05, 0) is 17.7 Å². The van der Waals surface area contributed by atoms with Gasteiger partial charge in [-0.15, -0.1) is 0 Å². The van der Waals surface area contributed by atoms with Gasteiger partial charge in [0.2, 0.25) is 0 Å². The van der Waals surface area contributed by atoms with Crippen molar-refractivity contribution in [3.63, 3.8) is 0 Å². The van der Waals surface area contributed by atoms with Crippen LogP contribution < -0.4 is 0 Å². The standard InChI is InChI=1S/C14H11ClO3S/c15-13-8-10(9-19(17)18)6-7-12(13)14(16)11-4-2-1-3-5-11/h1-8H,9H2,(H,17,18)/p-1. The van der Waals surface area contributed by atoms with E-state index in [-0.39, 0.29) is 16.6 Å². The number of halogens is 1. The van der Waals surface area contributed by atoms with Gasteiger partial charge in [-0.25, -0.2) is 0 Å². The highest BCUT2D eigenvalue weighted by atomic mass is 35.5. The van der Waals surface area contributed by atoms with Gasteiger partial charge in [-0.3, -0.25) is 9.00 Å². The lowest BCUT2D eigenvalue weighted by atomic mass is 10.0. The minimum atomic E-state index is -2.17. The molecule has 0 aliphatic heterocycles. The van der Waals surface area contributed by atoms with E-state index in [0.29, 0.717) is 16.7 Å². The average molecular weight is 294 g/mol. The molecule has 0 radical (unpaired) electrons. The predicted octanol–water partition coefficient (Wildman–Crippen LogP) is 2.95. The molecule has 0 bridgehead atoms. The van der Waals surface area contributed by atoms with E-state index < -0.39 is 11.1 Å². The summed E-state index contributed by atoms with van der Waals surface area (Å²) in [4.78, 5) is 12.2. The van der Waals surface area contributed by atoms with E-state index >= 15 is 0 Å². The Kier molecular flexibility index (Phi) is 4.47. The second-order valence-electron chi connectivity index (χ2n) is 3.96. The first-order chi connectivity index (χ1) is 9.08. The summed E-state index contributed by atoms with van der Waals surface area (Å²) in [5.41, 5.74) is 1.47. The van der Waals surface area contributed by atoms with Gasteiger partial charge in [-0.2, -0.15) is 0 Å². The second-order valence-corrected chi connectivity index (χ2v) is 5.26. The minimum absolute atomic E-state index is 0.112. The quantitative estimate of drug-likeness (QED) is 0.643. The molecule has 5 heteroatoms. The fourth-order valence-electron chi connectivity index (χ4n) is 1.71. The molecule has 0 saturated carbocycles. The molecule has 0 fully saturated rings. The van der Waals surface area contributed by atoms with E-state index in [1.54, 1.807) is 36.4 Å². The van der Waals surface area contributed by atoms with Crippen LogP contribution in [0, 0.1) is 0 Å². The number of carbonyl (C=O) groups excluding carboxylic acids is 1. The lowest BCUT2D eigenvalue weighted by molar-refractivity contribution is 0.103. The maximum absolute atomic E-state index is 12.2. The molecule has 2 aromatic carbocycles. The highest BCUT2D eigenvalue weighted by molar-refractivity contribution is 7.78. The van der Waals surface area contributed by atoms with Crippen molar-refractivity contribution in [1.82, 2.24) is 0 Å². The van der Waals surface area contributed by atoms with Crippen molar-refractivity contribution in [3.8, 4) is 0 Å². The van der Waals surface area contributed by atoms with Crippen molar-refractivity contribution in [2.75, 3.05) is 0 Å². The molecule has 98 valence electrons. The van der Waals surface area contributed by atoms with Crippen molar-refractivity contribution in [3.05, 3.63) is 70.2 Å². The van der Waals surface area contributed by atoms with E-state index in [4.69, 9.17) is 11.6 Å². The van der Waals surface area contributed by atoms with Crippen LogP contribution in [-0.2, 0) is 16.8 Å². The number of benzene rings is 2. The van der Waals surface area contributed by atoms with Gasteiger partial charge in [0.25, 0.3) is 0 Å². The highest BCUT2D eigenvalue weighted by Gasteiger charge is 2.12. The zero-order valence-electron chi connectivity index (χ0n) is 9.84. The Bertz CT molecular complexity index is 626. The Labute approximate surface area is 118 Å². The van der Waals surface area contributed by atoms with Crippen LogP contribution in [0.1, 0.15) is 21.5 Å². The van der Waals surface area contributed by atoms with Crippen molar-refractivity contribution in [2.45, 2.75) is 5.75 Å². The van der Waals surface area contributed by atoms with Gasteiger partial charge in [0.15, 0.2) is 5.78 Å². The summed E-state index contributed by atoms with van der Waals surface area (Å²) in [6.07, 6.45) is 0. The molecule has 0 N–H and O–H groups in total. The molecule has 0 aliphatic rings. The zero-order valence-corrected chi connectivity index (χ0v) is 11.4. The Balaban J connectivity index is 2.31. The van der Waals surface area contributed by atoms with Gasteiger partial charge >= 0.3 is 0 Å². The Morgan fingerprint density at radius 3 is 2.42 bits per heavy atom. The van der Waals surface area contributed by atoms with Gasteiger partial charge < -0.3 is 4.55 Å². The summed E-state index contributed by atoms with van der Waals surface area (Å²) >= 11 is 3.86. The molecule has 1 atom stereocenters. The third-order valence-corrected chi connectivity index (χ3v) is 3.48. The average Bonchev–Trinajstić information content (AvgIpc) is 2.38. The SMILES string of the molecule is O=C(c1ccccc1)c1ccc(CS(=O)[O-])cc1Cl. The Hall–Kier alpha value is -1.49. The number of hydrogen-bond donors (Lipinski definition) is 0. The van der Waals surface area contributed by atoms with Crippen molar-refractivity contribution < 1.29 is 13.6 Å². The maximum Gasteiger partial charge on any atom is 0.194 e. The minimum Gasteiger partial charge on any atom is -0.772 e. The van der Waals surface area contributed by atoms with Crippen LogP contribution in [0.15, 0.2) is 48.5 Å². The molecule has 1 unspecified atom stereocenters. The summed E-state index contributed by atoms with van der Waals surface area (Å²) in [5.74, 6) is -0.292. The van der Waals surface area contributed by atoms with Gasteiger partial charge in [0, 0.05) is 16.9 Å². The molecular weight excluding hydrogens is 284 g/mol. The van der Waals surface area contributed by atoms with Gasteiger partial charge in [0.1, 0.15) is 0 Å². The van der Waals surface area contributed by atoms with Gasteiger partial charge in [-0.1, -0.05) is 59.1 Å². The molecule has 0 heterocycles. The number of carbonyl (C=O) groups is 1. The van der Waals surface area contributed by atoms with Crippen molar-refractivity contribution >= 4 is 28.5 Å². The Morgan fingerprint density at radius 2 is 1.84 bits per heavy atom. The summed E-state index contributed by atoms with van der Waals surface area (Å²) in [6, 6.07) is 13.4. The van der Waals surface area contributed by atoms with E-state index in [1.807, 2.05) is 6.07 Å². The first-order valence-corrected chi connectivity index (χ1v) is 7.14. The summed E-state index contributed by atoms with van der Waals surface area (Å²) < 4.78 is 21.2. The molecule has 0 aliphatic carbocycles. The summed E-state index contributed by atoms with van der Waals surface area (Å²) in [5, 5.41) is 0.261. The third-order valence-electron chi connectivity index (χ3n) is 2.60. The lowest BCUT2D eigenvalue weighted by Crippen LogP contribution is -2.03. The van der Waals surface area contributed by atoms with E-state index in [2.05, 4.69) is 0 Å². The number of ketones is 1. The molecule has 0 saturated heterocycles. The third kappa shape index (κ3) is 3.50. The van der Waals surface area contributed by atoms with Crippen LogP contribution in [-0.4, -0.2) is 14.5 Å². The van der Waals surface area contributed by atoms with Crippen LogP contribution in [0.25, 0.3) is 0 Å². The summed E-state index contributed by atoms with van der Waals surface area (Å²) in [6.45, 7) is 0. The first kappa shape index (κ1) is 13.9. The molecule has 0 amide bonds. The van der Waals surface area contributed by atoms with Crippen LogP contribution in [0.4, 0.5) is 0 Å². The van der Waals surface area contributed by atoms with Crippen molar-refractivity contribution in [2.24, 2.45) is 0 Å². The first-order valence-electron chi connectivity index (χ1n) is 5.52. The molecule has 19 heavy (non-hydrogen) atoms. The zero-order chi connectivity index (χ0) is 13.8. The predicted molar refractivity (Wildman–Crippen MR) is 74.0 cm³/mol. The Morgan fingerprint density at radius 1 is 1.16 bits per heavy atom. The van der Waals surface area contributed by atoms with Crippen LogP contribution in [0.3, 0.4) is 0 Å². The maximum atomic E-state index is 12.2. The van der Waals surface area contributed by atoms with E-state index in [9.17, 15) is 13.6 Å². The van der Waals surface area contributed by atoms with E-state index in [0.717, 1.165) is 0 Å². The lowest BCUT2D eigenvalue weighted by Gasteiger charge is -2.08. The van der Waals surface area contributed by atoms with Crippen LogP contribution >= 0.6 is 11.6 Å². The van der Waals surface area contributed by atoms with Gasteiger partial charge in [0.05, 0.1) is 5.02 Å². The molecule has 0 aromatic heterocycles. The van der Waals surface area contributed by atoms with Crippen LogP contribution in [0.2, 0.25) is 5.02 Å². The largest absolute Gasteiger partial charge is 0.772 e. The second kappa shape index (κ2) is 6.10. The molecule has 2 rings (SSSR count). The van der Waals surface area contributed by atoms with E-state index in [1.165, 1.54) is 6.07 Å². The number of hydrogen-bond acceptors (Lipinski definition) is 3. The normalized spacial score (nSPS) is 12.1. The number of rotatable bonds is 4. The molecular formula is C14H10ClO3S-. The monoisotopic (exact) mass is 293 g/mol. The molecule has 3 nitrogen and oxygen atoms in total. The van der Waals surface area contributed by atoms with Crippen molar-refractivity contribution in [1.29, 1.82) is 0 Å². The summed E-state index contributed by atoms with van der Waals surface area (Å²) in [7, 11) is 0. The highest BCUT2D eigenvalue weighted by Crippen LogP contribution is 2.21. The fourth-order valence-corrected chi connectivity index (χ4v) is 2.45. The van der Waals surface area contributed by atoms with Crippen LogP contribution in [0.5, 0.6) is 0 Å².